The summed E-state index contributed by atoms with van der Waals surface area (Å²) in [6.45, 7) is 7.43. The van der Waals surface area contributed by atoms with Gasteiger partial charge in [0, 0.05) is 30.3 Å². The quantitative estimate of drug-likeness (QED) is 0.411. The average Bonchev–Trinajstić information content (AvgIpc) is 3.32. The molecule has 3 aromatic rings. The molecule has 0 saturated carbocycles. The van der Waals surface area contributed by atoms with E-state index in [1.54, 1.807) is 18.2 Å². The first-order valence-electron chi connectivity index (χ1n) is 10.0. The molecule has 2 aromatic carbocycles. The van der Waals surface area contributed by atoms with Crippen LogP contribution in [0.15, 0.2) is 77.1 Å². The lowest BCUT2D eigenvalue weighted by molar-refractivity contribution is 0.102. The third kappa shape index (κ3) is 5.50. The number of methoxy groups -OCH3 is 2. The zero-order valence-electron chi connectivity index (χ0n) is 18.7. The molecule has 178 valence electrons. The van der Waals surface area contributed by atoms with Gasteiger partial charge in [-0.15, -0.1) is 18.3 Å². The van der Waals surface area contributed by atoms with Crippen molar-refractivity contribution in [2.45, 2.75) is 4.90 Å². The van der Waals surface area contributed by atoms with Crippen LogP contribution in [0.2, 0.25) is 0 Å². The van der Waals surface area contributed by atoms with Gasteiger partial charge in [-0.2, -0.15) is 4.31 Å². The van der Waals surface area contributed by atoms with Gasteiger partial charge in [-0.05, 0) is 36.4 Å². The first-order valence-corrected chi connectivity index (χ1v) is 11.5. The summed E-state index contributed by atoms with van der Waals surface area (Å²) in [4.78, 5) is 12.6. The van der Waals surface area contributed by atoms with E-state index in [9.17, 15) is 13.2 Å². The Morgan fingerprint density at radius 3 is 2.15 bits per heavy atom. The van der Waals surface area contributed by atoms with Crippen molar-refractivity contribution in [2.75, 3.05) is 32.6 Å². The number of anilines is 1. The lowest BCUT2D eigenvalue weighted by atomic mass is 10.2. The van der Waals surface area contributed by atoms with Crippen LogP contribution >= 0.6 is 0 Å². The number of amides is 1. The molecule has 1 amide bonds. The molecule has 0 saturated heterocycles. The number of benzene rings is 2. The van der Waals surface area contributed by atoms with Crippen LogP contribution in [0.4, 0.5) is 6.01 Å². The summed E-state index contributed by atoms with van der Waals surface area (Å²) in [5, 5.41) is 10.3. The molecule has 0 bridgehead atoms. The Morgan fingerprint density at radius 1 is 1.03 bits per heavy atom. The Balaban J connectivity index is 1.76. The molecule has 34 heavy (non-hydrogen) atoms. The molecular weight excluding hydrogens is 460 g/mol. The van der Waals surface area contributed by atoms with Crippen molar-refractivity contribution < 1.29 is 27.1 Å². The fourth-order valence-electron chi connectivity index (χ4n) is 2.98. The monoisotopic (exact) mass is 484 g/mol. The molecule has 1 heterocycles. The Hall–Kier alpha value is -3.96. The molecule has 3 rings (SSSR count). The highest BCUT2D eigenvalue weighted by Gasteiger charge is 2.23. The molecule has 0 spiro atoms. The highest BCUT2D eigenvalue weighted by atomic mass is 32.2. The van der Waals surface area contributed by atoms with Crippen molar-refractivity contribution in [2.24, 2.45) is 0 Å². The molecule has 0 aliphatic rings. The zero-order valence-corrected chi connectivity index (χ0v) is 19.5. The molecule has 0 aliphatic heterocycles. The molecule has 1 N–H and O–H groups in total. The van der Waals surface area contributed by atoms with Gasteiger partial charge in [0.05, 0.1) is 19.1 Å². The SMILES string of the molecule is C=CCN(CC=C)S(=O)(=O)c1ccc(C(=O)Nc2nnc(-c3cc(OC)cc(OC)c3)o2)cc1. The predicted molar refractivity (Wildman–Crippen MR) is 126 cm³/mol. The van der Waals surface area contributed by atoms with Gasteiger partial charge >= 0.3 is 6.01 Å². The maximum atomic E-state index is 12.8. The van der Waals surface area contributed by atoms with E-state index in [0.717, 1.165) is 0 Å². The number of ether oxygens (including phenoxy) is 2. The van der Waals surface area contributed by atoms with E-state index in [1.807, 2.05) is 0 Å². The van der Waals surface area contributed by atoms with E-state index < -0.39 is 15.9 Å². The third-order valence-corrected chi connectivity index (χ3v) is 6.51. The predicted octanol–water partition coefficient (Wildman–Crippen LogP) is 3.37. The summed E-state index contributed by atoms with van der Waals surface area (Å²) in [6.07, 6.45) is 2.98. The Morgan fingerprint density at radius 2 is 1.62 bits per heavy atom. The second kappa shape index (κ2) is 10.8. The Bertz CT molecular complexity index is 1250. The second-order valence-electron chi connectivity index (χ2n) is 6.89. The minimum absolute atomic E-state index is 0.0415. The van der Waals surface area contributed by atoms with E-state index in [1.165, 1.54) is 54.9 Å². The molecule has 11 heteroatoms. The van der Waals surface area contributed by atoms with Crippen molar-refractivity contribution in [1.82, 2.24) is 14.5 Å². The van der Waals surface area contributed by atoms with Gasteiger partial charge in [0.1, 0.15) is 11.5 Å². The fourth-order valence-corrected chi connectivity index (χ4v) is 4.36. The van der Waals surface area contributed by atoms with Crippen LogP contribution in [-0.4, -0.2) is 56.1 Å². The number of nitrogens with zero attached hydrogens (tertiary/aromatic N) is 3. The van der Waals surface area contributed by atoms with Gasteiger partial charge in [0.15, 0.2) is 0 Å². The highest BCUT2D eigenvalue weighted by molar-refractivity contribution is 7.89. The molecular formula is C23H24N4O6S. The van der Waals surface area contributed by atoms with Crippen molar-refractivity contribution in [1.29, 1.82) is 0 Å². The molecule has 0 aliphatic carbocycles. The van der Waals surface area contributed by atoms with Gasteiger partial charge in [-0.3, -0.25) is 10.1 Å². The normalized spacial score (nSPS) is 11.1. The number of aromatic nitrogens is 2. The second-order valence-corrected chi connectivity index (χ2v) is 8.83. The number of sulfonamides is 1. The van der Waals surface area contributed by atoms with E-state index in [4.69, 9.17) is 13.9 Å². The van der Waals surface area contributed by atoms with Crippen LogP contribution in [0.25, 0.3) is 11.5 Å². The van der Waals surface area contributed by atoms with Crippen molar-refractivity contribution in [3.05, 3.63) is 73.3 Å². The minimum Gasteiger partial charge on any atom is -0.497 e. The van der Waals surface area contributed by atoms with Gasteiger partial charge in [-0.1, -0.05) is 17.3 Å². The Labute approximate surface area is 197 Å². The number of hydrogen-bond donors (Lipinski definition) is 1. The number of carbonyl (C=O) groups is 1. The average molecular weight is 485 g/mol. The van der Waals surface area contributed by atoms with Crippen molar-refractivity contribution >= 4 is 21.9 Å². The van der Waals surface area contributed by atoms with E-state index >= 15 is 0 Å². The molecule has 0 atom stereocenters. The zero-order chi connectivity index (χ0) is 24.7. The van der Waals surface area contributed by atoms with Crippen LogP contribution in [0.5, 0.6) is 11.5 Å². The van der Waals surface area contributed by atoms with Crippen LogP contribution in [0, 0.1) is 0 Å². The van der Waals surface area contributed by atoms with E-state index in [0.29, 0.717) is 17.1 Å². The van der Waals surface area contributed by atoms with Crippen LogP contribution in [0.1, 0.15) is 10.4 Å². The maximum absolute atomic E-state index is 12.8. The maximum Gasteiger partial charge on any atom is 0.322 e. The Kier molecular flexibility index (Phi) is 7.82. The molecule has 1 aromatic heterocycles. The molecule has 0 unspecified atom stereocenters. The van der Waals surface area contributed by atoms with Gasteiger partial charge < -0.3 is 13.9 Å². The summed E-state index contributed by atoms with van der Waals surface area (Å²) in [5.74, 6) is 0.677. The topological polar surface area (TPSA) is 124 Å². The van der Waals surface area contributed by atoms with Crippen LogP contribution in [0.3, 0.4) is 0 Å². The first kappa shape index (κ1) is 24.7. The lowest BCUT2D eigenvalue weighted by Crippen LogP contribution is -2.31. The van der Waals surface area contributed by atoms with Gasteiger partial charge in [-0.25, -0.2) is 8.42 Å². The number of hydrogen-bond acceptors (Lipinski definition) is 8. The summed E-state index contributed by atoms with van der Waals surface area (Å²) >= 11 is 0. The van der Waals surface area contributed by atoms with Crippen molar-refractivity contribution in [3.8, 4) is 23.0 Å². The molecule has 10 nitrogen and oxygen atoms in total. The summed E-state index contributed by atoms with van der Waals surface area (Å²) in [7, 11) is -0.730. The number of rotatable bonds is 11. The van der Waals surface area contributed by atoms with Gasteiger partial charge in [0.25, 0.3) is 5.91 Å². The van der Waals surface area contributed by atoms with E-state index in [-0.39, 0.29) is 35.5 Å². The highest BCUT2D eigenvalue weighted by Crippen LogP contribution is 2.29. The van der Waals surface area contributed by atoms with Gasteiger partial charge in [0.2, 0.25) is 15.9 Å². The summed E-state index contributed by atoms with van der Waals surface area (Å²) in [6, 6.07) is 10.4. The van der Waals surface area contributed by atoms with Crippen LogP contribution in [-0.2, 0) is 10.0 Å². The van der Waals surface area contributed by atoms with Crippen molar-refractivity contribution in [3.63, 3.8) is 0 Å². The van der Waals surface area contributed by atoms with Crippen LogP contribution < -0.4 is 14.8 Å². The first-order chi connectivity index (χ1) is 16.3. The lowest BCUT2D eigenvalue weighted by Gasteiger charge is -2.19. The number of carbonyl (C=O) groups excluding carboxylic acids is 1. The largest absolute Gasteiger partial charge is 0.497 e. The molecule has 0 fully saturated rings. The number of nitrogens with one attached hydrogen (secondary N) is 1. The third-order valence-electron chi connectivity index (χ3n) is 4.66. The fraction of sp³-hybridized carbons (Fsp3) is 0.174. The van der Waals surface area contributed by atoms with E-state index in [2.05, 4.69) is 28.7 Å². The standard InChI is InChI=1S/C23H24N4O6S/c1-5-11-27(12-6-2)34(29,30)20-9-7-16(8-10-20)21(28)24-23-26-25-22(33-23)17-13-18(31-3)15-19(14-17)32-4/h5-10,13-15H,1-2,11-12H2,3-4H3,(H,24,26,28). The summed E-state index contributed by atoms with van der Waals surface area (Å²) < 4.78 is 42.8. The smallest absolute Gasteiger partial charge is 0.322 e. The minimum atomic E-state index is -3.77. The summed E-state index contributed by atoms with van der Waals surface area (Å²) in [5.41, 5.74) is 0.753. The molecule has 0 radical (unpaired) electrons.